The van der Waals surface area contributed by atoms with Gasteiger partial charge in [0, 0.05) is 30.4 Å². The summed E-state index contributed by atoms with van der Waals surface area (Å²) in [5.41, 5.74) is 5.71. The maximum atomic E-state index is 13.7. The number of nitriles is 1. The number of rotatable bonds is 2. The molecule has 3 aromatic rings. The fourth-order valence-corrected chi connectivity index (χ4v) is 4.52. The largest absolute Gasteiger partial charge is 0.388 e. The molecule has 0 spiro atoms. The third kappa shape index (κ3) is 5.37. The molecule has 2 atom stereocenters. The average molecular weight is 499 g/mol. The van der Waals surface area contributed by atoms with Crippen LogP contribution in [-0.4, -0.2) is 58.8 Å². The van der Waals surface area contributed by atoms with Crippen molar-refractivity contribution in [2.75, 3.05) is 36.0 Å². The van der Waals surface area contributed by atoms with Gasteiger partial charge >= 0.3 is 0 Å². The zero-order valence-electron chi connectivity index (χ0n) is 20.3. The summed E-state index contributed by atoms with van der Waals surface area (Å²) in [6.07, 6.45) is 2.19. The highest BCUT2D eigenvalue weighted by molar-refractivity contribution is 5.92. The number of aryl methyl sites for hydroxylation is 1. The van der Waals surface area contributed by atoms with Crippen molar-refractivity contribution in [3.8, 4) is 6.07 Å². The van der Waals surface area contributed by atoms with Crippen LogP contribution in [0.1, 0.15) is 31.0 Å². The van der Waals surface area contributed by atoms with Crippen LogP contribution in [0.25, 0.3) is 10.8 Å². The lowest BCUT2D eigenvalue weighted by Gasteiger charge is -2.37. The zero-order valence-corrected chi connectivity index (χ0v) is 20.3. The minimum atomic E-state index is -2.90. The normalized spacial score (nSPS) is 23.2. The number of alkyl halides is 2. The molecule has 0 amide bonds. The molecule has 4 heterocycles. The van der Waals surface area contributed by atoms with Gasteiger partial charge in [0.1, 0.15) is 23.5 Å². The van der Waals surface area contributed by atoms with Crippen LogP contribution in [0.4, 0.5) is 24.8 Å². The van der Waals surface area contributed by atoms with E-state index in [4.69, 9.17) is 11.0 Å². The number of piperidine rings is 1. The van der Waals surface area contributed by atoms with Crippen LogP contribution in [-0.2, 0) is 0 Å². The minimum Gasteiger partial charge on any atom is -0.388 e. The second-order valence-corrected chi connectivity index (χ2v) is 9.64. The molecule has 2 aromatic heterocycles. The van der Waals surface area contributed by atoms with Crippen LogP contribution in [0.15, 0.2) is 42.6 Å². The van der Waals surface area contributed by atoms with Crippen LogP contribution in [0, 0.1) is 24.1 Å². The average Bonchev–Trinajstić information content (AvgIpc) is 3.21. The highest BCUT2D eigenvalue weighted by Crippen LogP contribution is 2.31. The summed E-state index contributed by atoms with van der Waals surface area (Å²) in [5.74, 6) is -1.98. The first-order valence-corrected chi connectivity index (χ1v) is 11.8. The molecule has 1 aromatic carbocycles. The first-order valence-electron chi connectivity index (χ1n) is 11.8. The number of aliphatic hydroxyl groups is 1. The van der Waals surface area contributed by atoms with Crippen LogP contribution in [0.3, 0.4) is 0 Å². The highest BCUT2D eigenvalue weighted by Gasteiger charge is 2.42. The van der Waals surface area contributed by atoms with E-state index in [2.05, 4.69) is 9.97 Å². The van der Waals surface area contributed by atoms with Gasteiger partial charge in [-0.05, 0) is 38.8 Å². The molecule has 0 radical (unpaired) electrons. The molecule has 2 saturated heterocycles. The Balaban J connectivity index is 0.000000169. The summed E-state index contributed by atoms with van der Waals surface area (Å²) < 4.78 is 40.7. The van der Waals surface area contributed by atoms with Gasteiger partial charge in [-0.1, -0.05) is 24.3 Å². The Morgan fingerprint density at radius 3 is 2.44 bits per heavy atom. The number of aromatic nitrogens is 2. The van der Waals surface area contributed by atoms with Gasteiger partial charge in [0.2, 0.25) is 0 Å². The molecule has 190 valence electrons. The van der Waals surface area contributed by atoms with Gasteiger partial charge in [-0.3, -0.25) is 0 Å². The Labute approximate surface area is 208 Å². The van der Waals surface area contributed by atoms with Crippen molar-refractivity contribution in [3.05, 3.63) is 59.7 Å². The van der Waals surface area contributed by atoms with Crippen molar-refractivity contribution < 1.29 is 18.3 Å². The molecule has 0 saturated carbocycles. The molecular weight excluding hydrogens is 469 g/mol. The van der Waals surface area contributed by atoms with Crippen LogP contribution in [0.2, 0.25) is 0 Å². The Kier molecular flexibility index (Phi) is 7.07. The van der Waals surface area contributed by atoms with E-state index in [0.717, 1.165) is 17.7 Å². The summed E-state index contributed by atoms with van der Waals surface area (Å²) in [5, 5.41) is 20.2. The van der Waals surface area contributed by atoms with Gasteiger partial charge in [0.15, 0.2) is 0 Å². The number of hydrogen-bond donors (Lipinski definition) is 2. The lowest BCUT2D eigenvalue weighted by atomic mass is 10.0. The summed E-state index contributed by atoms with van der Waals surface area (Å²) in [4.78, 5) is 11.9. The van der Waals surface area contributed by atoms with Crippen molar-refractivity contribution in [2.45, 2.75) is 44.3 Å². The number of fused-ring (bicyclic) bond motifs is 1. The predicted octanol–water partition coefficient (Wildman–Crippen LogP) is 3.77. The predicted molar refractivity (Wildman–Crippen MR) is 133 cm³/mol. The molecule has 36 heavy (non-hydrogen) atoms. The highest BCUT2D eigenvalue weighted by atomic mass is 19.3. The van der Waals surface area contributed by atoms with Crippen molar-refractivity contribution in [1.29, 1.82) is 5.26 Å². The molecule has 2 unspecified atom stereocenters. The van der Waals surface area contributed by atoms with E-state index in [-0.39, 0.29) is 12.2 Å². The summed E-state index contributed by atoms with van der Waals surface area (Å²) in [6, 6.07) is 11.4. The minimum absolute atomic E-state index is 0.230. The Morgan fingerprint density at radius 2 is 1.83 bits per heavy atom. The van der Waals surface area contributed by atoms with E-state index in [1.807, 2.05) is 36.1 Å². The topological polar surface area (TPSA) is 102 Å². The maximum Gasteiger partial charge on any atom is 0.280 e. The van der Waals surface area contributed by atoms with E-state index in [9.17, 15) is 18.3 Å². The molecule has 2 fully saturated rings. The van der Waals surface area contributed by atoms with Gasteiger partial charge < -0.3 is 20.6 Å². The molecule has 5 rings (SSSR count). The number of nitrogens with two attached hydrogens (primary N) is 1. The fraction of sp³-hybridized carbons (Fsp3) is 0.423. The van der Waals surface area contributed by atoms with Gasteiger partial charge in [-0.25, -0.2) is 23.1 Å². The standard InChI is InChI=1S/C14H15FN2O.C12H14F2N4/c1-14(18)6-7-17(9-14)13-11-5-3-2-4-10(11)12(15)8-16-13;1-8-9(6-15)2-3-11(17-8)18-5-4-10(16)12(13,14)7-18/h2-5,8,18H,6-7,9H2,1H3;2-3,10H,4-5,7,16H2,1H3. The van der Waals surface area contributed by atoms with Gasteiger partial charge in [0.05, 0.1) is 35.6 Å². The van der Waals surface area contributed by atoms with Gasteiger partial charge in [0.25, 0.3) is 5.92 Å². The second kappa shape index (κ2) is 9.91. The smallest absolute Gasteiger partial charge is 0.280 e. The quantitative estimate of drug-likeness (QED) is 0.555. The lowest BCUT2D eigenvalue weighted by Crippen LogP contribution is -2.55. The van der Waals surface area contributed by atoms with Crippen molar-refractivity contribution in [3.63, 3.8) is 0 Å². The van der Waals surface area contributed by atoms with Gasteiger partial charge in [-0.15, -0.1) is 0 Å². The number of nitrogens with zero attached hydrogens (tertiary/aromatic N) is 5. The van der Waals surface area contributed by atoms with Crippen molar-refractivity contribution in [1.82, 2.24) is 9.97 Å². The number of anilines is 2. The van der Waals surface area contributed by atoms with Crippen LogP contribution in [0.5, 0.6) is 0 Å². The van der Waals surface area contributed by atoms with E-state index in [1.54, 1.807) is 25.1 Å². The first kappa shape index (κ1) is 25.7. The first-order chi connectivity index (χ1) is 17.0. The molecule has 2 aliphatic heterocycles. The number of halogens is 3. The molecule has 0 aliphatic carbocycles. The number of benzene rings is 1. The number of β-amino-alcohol motifs (C(OH)–C–C–N with tert-alkyl or cyclic N) is 1. The number of pyridine rings is 2. The summed E-state index contributed by atoms with van der Waals surface area (Å²) in [6.45, 7) is 4.82. The van der Waals surface area contributed by atoms with E-state index >= 15 is 0 Å². The third-order valence-corrected chi connectivity index (χ3v) is 6.65. The van der Waals surface area contributed by atoms with E-state index < -0.39 is 24.1 Å². The second-order valence-electron chi connectivity index (χ2n) is 9.64. The molecule has 2 aliphatic rings. The van der Waals surface area contributed by atoms with Crippen molar-refractivity contribution in [2.24, 2.45) is 5.73 Å². The Bertz CT molecular complexity index is 1290. The maximum absolute atomic E-state index is 13.7. The molecule has 10 heteroatoms. The Hall–Kier alpha value is -3.42. The van der Waals surface area contributed by atoms with Crippen molar-refractivity contribution >= 4 is 22.4 Å². The fourth-order valence-electron chi connectivity index (χ4n) is 4.52. The lowest BCUT2D eigenvalue weighted by molar-refractivity contribution is -0.0301. The molecule has 7 nitrogen and oxygen atoms in total. The van der Waals surface area contributed by atoms with E-state index in [1.165, 1.54) is 11.1 Å². The van der Waals surface area contributed by atoms with Gasteiger partial charge in [-0.2, -0.15) is 5.26 Å². The third-order valence-electron chi connectivity index (χ3n) is 6.65. The Morgan fingerprint density at radius 1 is 1.11 bits per heavy atom. The summed E-state index contributed by atoms with van der Waals surface area (Å²) >= 11 is 0. The SMILES string of the molecule is CC1(O)CCN(c2ncc(F)c3ccccc23)C1.Cc1nc(N2CCC(N)C(F)(F)C2)ccc1C#N. The van der Waals surface area contributed by atoms with Crippen LogP contribution >= 0.6 is 0 Å². The molecule has 3 N–H and O–H groups in total. The van der Waals surface area contributed by atoms with E-state index in [0.29, 0.717) is 42.0 Å². The summed E-state index contributed by atoms with van der Waals surface area (Å²) in [7, 11) is 0. The van der Waals surface area contributed by atoms with Crippen LogP contribution < -0.4 is 15.5 Å². The molecule has 0 bridgehead atoms. The monoisotopic (exact) mass is 498 g/mol. The zero-order chi connectivity index (χ0) is 26.1. The number of hydrogen-bond acceptors (Lipinski definition) is 7. The molecular formula is C26H29F3N6O.